The molecule has 0 spiro atoms. The highest BCUT2D eigenvalue weighted by molar-refractivity contribution is 6.30. The van der Waals surface area contributed by atoms with Crippen LogP contribution < -0.4 is 10.1 Å². The highest BCUT2D eigenvalue weighted by Gasteiger charge is 2.21. The van der Waals surface area contributed by atoms with Crippen molar-refractivity contribution >= 4 is 17.5 Å². The number of benzene rings is 1. The molecule has 0 aliphatic carbocycles. The quantitative estimate of drug-likeness (QED) is 0.750. The smallest absolute Gasteiger partial charge is 0.260 e. The summed E-state index contributed by atoms with van der Waals surface area (Å²) in [7, 11) is 0. The molecule has 2 heterocycles. The van der Waals surface area contributed by atoms with Gasteiger partial charge < -0.3 is 14.8 Å². The van der Waals surface area contributed by atoms with Gasteiger partial charge in [0.2, 0.25) is 0 Å². The molecular weight excluding hydrogens is 366 g/mol. The van der Waals surface area contributed by atoms with Crippen LogP contribution in [-0.4, -0.2) is 34.9 Å². The van der Waals surface area contributed by atoms with E-state index in [0.29, 0.717) is 30.3 Å². The number of nitrogens with zero attached hydrogens (tertiary/aromatic N) is 2. The summed E-state index contributed by atoms with van der Waals surface area (Å²) < 4.78 is 13.3. The van der Waals surface area contributed by atoms with Gasteiger partial charge >= 0.3 is 0 Å². The van der Waals surface area contributed by atoms with Crippen LogP contribution >= 0.6 is 11.6 Å². The van der Waals surface area contributed by atoms with E-state index in [9.17, 15) is 4.79 Å². The van der Waals surface area contributed by atoms with Crippen LogP contribution in [-0.2, 0) is 35.5 Å². The summed E-state index contributed by atoms with van der Waals surface area (Å²) in [6, 6.07) is 6.97. The van der Waals surface area contributed by atoms with Gasteiger partial charge in [-0.1, -0.05) is 18.5 Å². The maximum atomic E-state index is 12.3. The van der Waals surface area contributed by atoms with Crippen molar-refractivity contribution in [1.29, 1.82) is 0 Å². The topological polar surface area (TPSA) is 65.4 Å². The first kappa shape index (κ1) is 19.7. The normalized spacial score (nSPS) is 14.5. The molecule has 1 atom stereocenters. The fourth-order valence-electron chi connectivity index (χ4n) is 3.19. The minimum Gasteiger partial charge on any atom is -0.481 e. The van der Waals surface area contributed by atoms with Gasteiger partial charge in [-0.05, 0) is 37.6 Å². The van der Waals surface area contributed by atoms with Crippen molar-refractivity contribution in [2.75, 3.05) is 13.2 Å². The molecule has 0 radical (unpaired) electrons. The van der Waals surface area contributed by atoms with Crippen LogP contribution in [0.15, 0.2) is 24.3 Å². The lowest BCUT2D eigenvalue weighted by Crippen LogP contribution is -2.37. The molecule has 1 aromatic carbocycles. The first-order valence-electron chi connectivity index (χ1n) is 9.43. The molecule has 6 nitrogen and oxygen atoms in total. The zero-order chi connectivity index (χ0) is 19.2. The number of hydrogen-bond acceptors (Lipinski definition) is 4. The summed E-state index contributed by atoms with van der Waals surface area (Å²) in [4.78, 5) is 12.3. The molecule has 1 unspecified atom stereocenters. The molecular formula is C20H26ClN3O3. The van der Waals surface area contributed by atoms with E-state index < -0.39 is 6.10 Å². The Balaban J connectivity index is 1.53. The van der Waals surface area contributed by atoms with Gasteiger partial charge in [-0.3, -0.25) is 9.48 Å². The van der Waals surface area contributed by atoms with E-state index in [1.54, 1.807) is 31.2 Å². The summed E-state index contributed by atoms with van der Waals surface area (Å²) in [6.07, 6.45) is 2.05. The maximum absolute atomic E-state index is 12.3. The minimum absolute atomic E-state index is 0.150. The Hall–Kier alpha value is -2.05. The molecule has 3 rings (SSSR count). The van der Waals surface area contributed by atoms with Crippen molar-refractivity contribution in [3.8, 4) is 5.75 Å². The van der Waals surface area contributed by atoms with Gasteiger partial charge in [0.1, 0.15) is 5.75 Å². The van der Waals surface area contributed by atoms with Crippen LogP contribution in [0.3, 0.4) is 0 Å². The number of aryl methyl sites for hydroxylation is 1. The van der Waals surface area contributed by atoms with E-state index in [2.05, 4.69) is 16.9 Å². The molecule has 1 N–H and O–H groups in total. The van der Waals surface area contributed by atoms with Gasteiger partial charge in [0, 0.05) is 42.2 Å². The van der Waals surface area contributed by atoms with Crippen molar-refractivity contribution in [1.82, 2.24) is 15.1 Å². The molecule has 1 aliphatic heterocycles. The number of carbonyl (C=O) groups excluding carboxylic acids is 1. The van der Waals surface area contributed by atoms with Crippen LogP contribution in [0.1, 0.15) is 37.2 Å². The number of hydrogen-bond donors (Lipinski definition) is 1. The fourth-order valence-corrected chi connectivity index (χ4v) is 3.32. The van der Waals surface area contributed by atoms with Gasteiger partial charge in [0.15, 0.2) is 6.10 Å². The Morgan fingerprint density at radius 1 is 1.41 bits per heavy atom. The van der Waals surface area contributed by atoms with Crippen LogP contribution in [0, 0.1) is 0 Å². The molecule has 0 saturated carbocycles. The van der Waals surface area contributed by atoms with E-state index in [-0.39, 0.29) is 5.91 Å². The van der Waals surface area contributed by atoms with E-state index in [1.165, 1.54) is 11.3 Å². The third-order valence-corrected chi connectivity index (χ3v) is 4.82. The van der Waals surface area contributed by atoms with Crippen molar-refractivity contribution in [3.63, 3.8) is 0 Å². The number of halogens is 1. The first-order chi connectivity index (χ1) is 13.1. The van der Waals surface area contributed by atoms with Gasteiger partial charge in [0.25, 0.3) is 5.91 Å². The molecule has 0 saturated heterocycles. The van der Waals surface area contributed by atoms with Crippen LogP contribution in [0.2, 0.25) is 5.02 Å². The Labute approximate surface area is 164 Å². The van der Waals surface area contributed by atoms with Crippen molar-refractivity contribution < 1.29 is 14.3 Å². The lowest BCUT2D eigenvalue weighted by atomic mass is 10.1. The highest BCUT2D eigenvalue weighted by Crippen LogP contribution is 2.21. The Bertz CT molecular complexity index is 774. The summed E-state index contributed by atoms with van der Waals surface area (Å²) >= 11 is 5.86. The second-order valence-electron chi connectivity index (χ2n) is 6.65. The van der Waals surface area contributed by atoms with E-state index in [4.69, 9.17) is 26.2 Å². The number of carbonyl (C=O) groups is 1. The second kappa shape index (κ2) is 9.24. The summed E-state index contributed by atoms with van der Waals surface area (Å²) in [5, 5.41) is 8.30. The Kier molecular flexibility index (Phi) is 6.74. The van der Waals surface area contributed by atoms with Crippen molar-refractivity contribution in [3.05, 3.63) is 46.2 Å². The Morgan fingerprint density at radius 3 is 2.93 bits per heavy atom. The van der Waals surface area contributed by atoms with E-state index in [1.807, 2.05) is 0 Å². The van der Waals surface area contributed by atoms with Gasteiger partial charge in [0.05, 0.1) is 18.9 Å². The van der Waals surface area contributed by atoms with Crippen LogP contribution in [0.4, 0.5) is 0 Å². The third-order valence-electron chi connectivity index (χ3n) is 4.57. The SMILES string of the molecule is CCCn1nc(CCNC(=O)C(C)Oc2ccc(Cl)cc2)c2c1CCOC2. The van der Waals surface area contributed by atoms with Crippen molar-refractivity contribution in [2.45, 2.75) is 52.4 Å². The zero-order valence-corrected chi connectivity index (χ0v) is 16.6. The molecule has 27 heavy (non-hydrogen) atoms. The van der Waals surface area contributed by atoms with E-state index in [0.717, 1.165) is 31.7 Å². The zero-order valence-electron chi connectivity index (χ0n) is 15.8. The average Bonchev–Trinajstić information content (AvgIpc) is 3.02. The molecule has 1 aromatic heterocycles. The second-order valence-corrected chi connectivity index (χ2v) is 7.09. The molecule has 1 amide bonds. The number of amides is 1. The number of rotatable bonds is 8. The van der Waals surface area contributed by atoms with Crippen LogP contribution in [0.25, 0.3) is 0 Å². The molecule has 146 valence electrons. The third kappa shape index (κ3) is 5.02. The predicted octanol–water partition coefficient (Wildman–Crippen LogP) is 3.15. The van der Waals surface area contributed by atoms with Crippen molar-refractivity contribution in [2.24, 2.45) is 0 Å². The lowest BCUT2D eigenvalue weighted by molar-refractivity contribution is -0.127. The van der Waals surface area contributed by atoms with Gasteiger partial charge in [-0.25, -0.2) is 0 Å². The monoisotopic (exact) mass is 391 g/mol. The molecule has 7 heteroatoms. The van der Waals surface area contributed by atoms with E-state index >= 15 is 0 Å². The molecule has 0 bridgehead atoms. The minimum atomic E-state index is -0.582. The standard InChI is InChI=1S/C20H26ClN3O3/c1-3-11-24-19-9-12-26-13-17(19)18(23-24)8-10-22-20(25)14(2)27-16-6-4-15(21)5-7-16/h4-7,14H,3,8-13H2,1-2H3,(H,22,25). The molecule has 2 aromatic rings. The van der Waals surface area contributed by atoms with Crippen LogP contribution in [0.5, 0.6) is 5.75 Å². The maximum Gasteiger partial charge on any atom is 0.260 e. The lowest BCUT2D eigenvalue weighted by Gasteiger charge is -2.16. The first-order valence-corrected chi connectivity index (χ1v) is 9.81. The van der Waals surface area contributed by atoms with Gasteiger partial charge in [-0.15, -0.1) is 0 Å². The average molecular weight is 392 g/mol. The number of aromatic nitrogens is 2. The number of nitrogens with one attached hydrogen (secondary N) is 1. The molecule has 0 fully saturated rings. The fraction of sp³-hybridized carbons (Fsp3) is 0.500. The number of fused-ring (bicyclic) bond motifs is 1. The Morgan fingerprint density at radius 2 is 2.19 bits per heavy atom. The summed E-state index contributed by atoms with van der Waals surface area (Å²) in [5.74, 6) is 0.467. The summed E-state index contributed by atoms with van der Waals surface area (Å²) in [6.45, 7) is 6.67. The highest BCUT2D eigenvalue weighted by atomic mass is 35.5. The predicted molar refractivity (Wildman–Crippen MR) is 104 cm³/mol. The van der Waals surface area contributed by atoms with Gasteiger partial charge in [-0.2, -0.15) is 5.10 Å². The number of ether oxygens (including phenoxy) is 2. The molecule has 1 aliphatic rings. The summed E-state index contributed by atoms with van der Waals surface area (Å²) in [5.41, 5.74) is 3.49. The largest absolute Gasteiger partial charge is 0.481 e.